The van der Waals surface area contributed by atoms with Crippen LogP contribution in [0.15, 0.2) is 60.8 Å². The van der Waals surface area contributed by atoms with Crippen molar-refractivity contribution in [3.63, 3.8) is 0 Å². The Morgan fingerprint density at radius 2 is 2.04 bits per heavy atom. The van der Waals surface area contributed by atoms with Crippen LogP contribution in [0.4, 0.5) is 4.79 Å². The van der Waals surface area contributed by atoms with Gasteiger partial charge in [-0.25, -0.2) is 4.79 Å². The van der Waals surface area contributed by atoms with E-state index in [1.165, 1.54) is 0 Å². The van der Waals surface area contributed by atoms with Gasteiger partial charge in [0.1, 0.15) is 6.61 Å². The number of amides is 1. The van der Waals surface area contributed by atoms with Crippen molar-refractivity contribution in [1.82, 2.24) is 15.5 Å². The van der Waals surface area contributed by atoms with Gasteiger partial charge in [0.05, 0.1) is 11.7 Å². The minimum Gasteiger partial charge on any atom is -0.445 e. The second-order valence-corrected chi connectivity index (χ2v) is 5.36. The first-order valence-electron chi connectivity index (χ1n) is 7.86. The lowest BCUT2D eigenvalue weighted by Gasteiger charge is -2.05. The van der Waals surface area contributed by atoms with E-state index in [4.69, 9.17) is 4.74 Å². The molecule has 122 valence electrons. The van der Waals surface area contributed by atoms with Gasteiger partial charge in [-0.2, -0.15) is 5.10 Å². The van der Waals surface area contributed by atoms with Crippen LogP contribution in [0.2, 0.25) is 0 Å². The minimum atomic E-state index is -0.400. The summed E-state index contributed by atoms with van der Waals surface area (Å²) in [4.78, 5) is 11.6. The number of hydrogen-bond acceptors (Lipinski definition) is 3. The number of aromatic nitrogens is 2. The Morgan fingerprint density at radius 3 is 2.92 bits per heavy atom. The van der Waals surface area contributed by atoms with Crippen molar-refractivity contribution in [2.45, 2.75) is 13.0 Å². The van der Waals surface area contributed by atoms with Gasteiger partial charge in [0.25, 0.3) is 0 Å². The van der Waals surface area contributed by atoms with Gasteiger partial charge in [-0.3, -0.25) is 5.10 Å². The molecule has 0 fully saturated rings. The number of carbonyl (C=O) groups is 1. The standard InChI is InChI=1S/C19H19N3O2/c23-19(24-14-15-7-2-1-3-8-15)20-12-5-4-9-16-10-6-11-17-13-21-22-18(16)17/h1-4,6-11,13H,5,12,14H2,(H,20,23)(H,21,22). The summed E-state index contributed by atoms with van der Waals surface area (Å²) in [5.41, 5.74) is 3.07. The van der Waals surface area contributed by atoms with Gasteiger partial charge in [0.15, 0.2) is 0 Å². The smallest absolute Gasteiger partial charge is 0.407 e. The Labute approximate surface area is 140 Å². The van der Waals surface area contributed by atoms with Crippen LogP contribution < -0.4 is 5.32 Å². The van der Waals surface area contributed by atoms with Gasteiger partial charge >= 0.3 is 6.09 Å². The molecule has 5 nitrogen and oxygen atoms in total. The Morgan fingerprint density at radius 1 is 1.17 bits per heavy atom. The van der Waals surface area contributed by atoms with Crippen molar-refractivity contribution in [3.8, 4) is 0 Å². The molecule has 0 aliphatic carbocycles. The van der Waals surface area contributed by atoms with Crippen molar-refractivity contribution in [3.05, 3.63) is 71.9 Å². The van der Waals surface area contributed by atoms with E-state index >= 15 is 0 Å². The first-order chi connectivity index (χ1) is 11.8. The summed E-state index contributed by atoms with van der Waals surface area (Å²) in [6, 6.07) is 15.6. The highest BCUT2D eigenvalue weighted by Crippen LogP contribution is 2.16. The average molecular weight is 321 g/mol. The van der Waals surface area contributed by atoms with Gasteiger partial charge < -0.3 is 10.1 Å². The molecule has 1 heterocycles. The third-order valence-electron chi connectivity index (χ3n) is 3.60. The molecule has 0 aliphatic rings. The predicted octanol–water partition coefficient (Wildman–Crippen LogP) is 3.89. The SMILES string of the molecule is O=C(NCCC=Cc1cccc2cn[nH]c12)OCc1ccccc1. The Balaban J connectivity index is 1.40. The second kappa shape index (κ2) is 7.97. The number of carbonyl (C=O) groups excluding carboxylic acids is 1. The van der Waals surface area contributed by atoms with Gasteiger partial charge in [-0.15, -0.1) is 0 Å². The maximum absolute atomic E-state index is 11.6. The molecule has 24 heavy (non-hydrogen) atoms. The molecule has 1 aromatic heterocycles. The van der Waals surface area contributed by atoms with Crippen LogP contribution in [0, 0.1) is 0 Å². The number of nitrogens with one attached hydrogen (secondary N) is 2. The van der Waals surface area contributed by atoms with Gasteiger partial charge in [-0.05, 0) is 17.5 Å². The first-order valence-corrected chi connectivity index (χ1v) is 7.86. The largest absolute Gasteiger partial charge is 0.445 e. The van der Waals surface area contributed by atoms with E-state index in [0.29, 0.717) is 6.54 Å². The summed E-state index contributed by atoms with van der Waals surface area (Å²) in [6.07, 6.45) is 6.18. The molecule has 3 rings (SSSR count). The Kier molecular flexibility index (Phi) is 5.24. The molecule has 0 bridgehead atoms. The number of alkyl carbamates (subject to hydrolysis) is 1. The van der Waals surface area contributed by atoms with Crippen LogP contribution in [0.25, 0.3) is 17.0 Å². The monoisotopic (exact) mass is 321 g/mol. The molecular formula is C19H19N3O2. The number of fused-ring (bicyclic) bond motifs is 1. The van der Waals surface area contributed by atoms with Gasteiger partial charge in [0.2, 0.25) is 0 Å². The zero-order chi connectivity index (χ0) is 16.6. The van der Waals surface area contributed by atoms with Crippen LogP contribution in [-0.2, 0) is 11.3 Å². The van der Waals surface area contributed by atoms with Crippen molar-refractivity contribution >= 4 is 23.1 Å². The Bertz CT molecular complexity index is 825. The van der Waals surface area contributed by atoms with E-state index in [9.17, 15) is 4.79 Å². The molecule has 0 spiro atoms. The Hall–Kier alpha value is -3.08. The molecule has 5 heteroatoms. The lowest BCUT2D eigenvalue weighted by atomic mass is 10.1. The quantitative estimate of drug-likeness (QED) is 0.677. The van der Waals surface area contributed by atoms with Crippen LogP contribution in [-0.4, -0.2) is 22.8 Å². The van der Waals surface area contributed by atoms with E-state index in [0.717, 1.165) is 28.5 Å². The molecule has 2 N–H and O–H groups in total. The van der Waals surface area contributed by atoms with Crippen molar-refractivity contribution in [1.29, 1.82) is 0 Å². The highest BCUT2D eigenvalue weighted by molar-refractivity contribution is 5.86. The first kappa shape index (κ1) is 15.8. The molecule has 0 saturated heterocycles. The van der Waals surface area contributed by atoms with E-state index in [1.54, 1.807) is 6.20 Å². The van der Waals surface area contributed by atoms with Crippen molar-refractivity contribution < 1.29 is 9.53 Å². The van der Waals surface area contributed by atoms with Crippen LogP contribution in [0.3, 0.4) is 0 Å². The lowest BCUT2D eigenvalue weighted by Crippen LogP contribution is -2.24. The fraction of sp³-hybridized carbons (Fsp3) is 0.158. The third-order valence-corrected chi connectivity index (χ3v) is 3.60. The normalized spacial score (nSPS) is 11.0. The summed E-state index contributed by atoms with van der Waals surface area (Å²) < 4.78 is 5.15. The van der Waals surface area contributed by atoms with E-state index in [-0.39, 0.29) is 6.61 Å². The summed E-state index contributed by atoms with van der Waals surface area (Å²) in [6.45, 7) is 0.813. The molecular weight excluding hydrogens is 302 g/mol. The van der Waals surface area contributed by atoms with Gasteiger partial charge in [0, 0.05) is 11.9 Å². The van der Waals surface area contributed by atoms with Crippen molar-refractivity contribution in [2.24, 2.45) is 0 Å². The van der Waals surface area contributed by atoms with E-state index in [2.05, 4.69) is 15.5 Å². The number of H-pyrrole nitrogens is 1. The fourth-order valence-electron chi connectivity index (χ4n) is 2.37. The van der Waals surface area contributed by atoms with E-state index < -0.39 is 6.09 Å². The van der Waals surface area contributed by atoms with Crippen LogP contribution >= 0.6 is 0 Å². The molecule has 1 amide bonds. The zero-order valence-electron chi connectivity index (χ0n) is 13.2. The number of rotatable bonds is 6. The number of aromatic amines is 1. The number of hydrogen-bond donors (Lipinski definition) is 2. The predicted molar refractivity (Wildman–Crippen MR) is 94.4 cm³/mol. The third kappa shape index (κ3) is 4.23. The molecule has 0 unspecified atom stereocenters. The molecule has 2 aromatic carbocycles. The fourth-order valence-corrected chi connectivity index (χ4v) is 2.37. The van der Waals surface area contributed by atoms with E-state index in [1.807, 2.05) is 60.7 Å². The average Bonchev–Trinajstić information content (AvgIpc) is 3.10. The highest BCUT2D eigenvalue weighted by atomic mass is 16.5. The number of benzene rings is 2. The number of ether oxygens (including phenoxy) is 1. The minimum absolute atomic E-state index is 0.282. The highest BCUT2D eigenvalue weighted by Gasteiger charge is 2.01. The summed E-state index contributed by atoms with van der Waals surface area (Å²) >= 11 is 0. The molecule has 3 aromatic rings. The summed E-state index contributed by atoms with van der Waals surface area (Å²) in [5.74, 6) is 0. The molecule has 0 radical (unpaired) electrons. The molecule has 0 atom stereocenters. The maximum atomic E-state index is 11.6. The van der Waals surface area contributed by atoms with Crippen molar-refractivity contribution in [2.75, 3.05) is 6.54 Å². The van der Waals surface area contributed by atoms with Crippen LogP contribution in [0.5, 0.6) is 0 Å². The topological polar surface area (TPSA) is 67.0 Å². The molecule has 0 saturated carbocycles. The maximum Gasteiger partial charge on any atom is 0.407 e. The summed E-state index contributed by atoms with van der Waals surface area (Å²) in [7, 11) is 0. The summed E-state index contributed by atoms with van der Waals surface area (Å²) in [5, 5.41) is 10.9. The number of nitrogens with zero attached hydrogens (tertiary/aromatic N) is 1. The van der Waals surface area contributed by atoms with Crippen LogP contribution in [0.1, 0.15) is 17.5 Å². The zero-order valence-corrected chi connectivity index (χ0v) is 13.2. The number of para-hydroxylation sites is 1. The molecule has 0 aliphatic heterocycles. The second-order valence-electron chi connectivity index (χ2n) is 5.36. The van der Waals surface area contributed by atoms with Gasteiger partial charge in [-0.1, -0.05) is 60.7 Å². The lowest BCUT2D eigenvalue weighted by molar-refractivity contribution is 0.140.